The molecule has 0 aliphatic rings. The molecule has 0 radical (unpaired) electrons. The summed E-state index contributed by atoms with van der Waals surface area (Å²) in [5, 5.41) is 5.07. The topological polar surface area (TPSA) is 43.1 Å². The predicted octanol–water partition coefficient (Wildman–Crippen LogP) is 0.846. The van der Waals surface area contributed by atoms with Gasteiger partial charge in [0.1, 0.15) is 11.1 Å². The molecule has 0 spiro atoms. The summed E-state index contributed by atoms with van der Waals surface area (Å²) in [4.78, 5) is 11.5. The summed E-state index contributed by atoms with van der Waals surface area (Å²) in [5.74, 6) is -0.343. The van der Waals surface area contributed by atoms with Crippen LogP contribution in [-0.2, 0) is 11.8 Å². The molecule has 0 N–H and O–H groups in total. The van der Waals surface area contributed by atoms with E-state index in [1.54, 1.807) is 17.9 Å². The van der Waals surface area contributed by atoms with Crippen molar-refractivity contribution in [1.29, 1.82) is 0 Å². The minimum Gasteiger partial charge on any atom is -0.465 e. The van der Waals surface area contributed by atoms with E-state index in [0.29, 0.717) is 5.56 Å². The van der Waals surface area contributed by atoms with Gasteiger partial charge in [0.05, 0.1) is 7.11 Å². The molecule has 1 heterocycles. The Hall–Kier alpha value is -1.97. The van der Waals surface area contributed by atoms with Crippen molar-refractivity contribution in [1.82, 2.24) is 5.10 Å². The summed E-state index contributed by atoms with van der Waals surface area (Å²) in [6, 6.07) is 7.48. The van der Waals surface area contributed by atoms with Crippen molar-refractivity contribution in [3.8, 4) is 0 Å². The first-order chi connectivity index (χ1) is 7.22. The predicted molar refractivity (Wildman–Crippen MR) is 54.3 cm³/mol. The van der Waals surface area contributed by atoms with Crippen LogP contribution in [0.25, 0.3) is 10.9 Å². The maximum atomic E-state index is 11.5. The Morgan fingerprint density at radius 3 is 2.87 bits per heavy atom. The van der Waals surface area contributed by atoms with Gasteiger partial charge in [-0.3, -0.25) is 0 Å². The zero-order chi connectivity index (χ0) is 10.8. The molecule has 4 heteroatoms. The summed E-state index contributed by atoms with van der Waals surface area (Å²) in [6.07, 6.45) is 1.66. The molecule has 1 aromatic heterocycles. The van der Waals surface area contributed by atoms with Crippen LogP contribution < -0.4 is 4.68 Å². The number of hydrogen-bond donors (Lipinski definition) is 0. The van der Waals surface area contributed by atoms with E-state index in [4.69, 9.17) is 4.74 Å². The van der Waals surface area contributed by atoms with Crippen LogP contribution in [0.2, 0.25) is 0 Å². The molecule has 0 unspecified atom stereocenters. The van der Waals surface area contributed by atoms with E-state index in [2.05, 4.69) is 5.10 Å². The Kier molecular flexibility index (Phi) is 2.33. The number of ether oxygens (including phenoxy) is 1. The average molecular weight is 203 g/mol. The van der Waals surface area contributed by atoms with E-state index < -0.39 is 0 Å². The lowest BCUT2D eigenvalue weighted by molar-refractivity contribution is -0.728. The van der Waals surface area contributed by atoms with E-state index in [1.165, 1.54) is 7.11 Å². The standard InChI is InChI=1S/C11H11N2O2/c1-13-7-9(11(14)15-2)8-5-3-4-6-10(8)12-13/h3-7H,1-2H3/q+1. The highest BCUT2D eigenvalue weighted by Crippen LogP contribution is 2.14. The third-order valence-electron chi connectivity index (χ3n) is 2.18. The van der Waals surface area contributed by atoms with E-state index in [-0.39, 0.29) is 5.97 Å². The van der Waals surface area contributed by atoms with Gasteiger partial charge in [0.2, 0.25) is 6.20 Å². The lowest BCUT2D eigenvalue weighted by Gasteiger charge is -2.00. The minimum atomic E-state index is -0.343. The Morgan fingerprint density at radius 2 is 2.13 bits per heavy atom. The highest BCUT2D eigenvalue weighted by molar-refractivity contribution is 6.02. The monoisotopic (exact) mass is 203 g/mol. The fourth-order valence-corrected chi connectivity index (χ4v) is 1.52. The van der Waals surface area contributed by atoms with Crippen molar-refractivity contribution in [3.63, 3.8) is 0 Å². The van der Waals surface area contributed by atoms with Gasteiger partial charge >= 0.3 is 5.97 Å². The van der Waals surface area contributed by atoms with Crippen LogP contribution in [0.3, 0.4) is 0 Å². The highest BCUT2D eigenvalue weighted by Gasteiger charge is 2.15. The lowest BCUT2D eigenvalue weighted by atomic mass is 10.1. The fourth-order valence-electron chi connectivity index (χ4n) is 1.52. The van der Waals surface area contributed by atoms with Gasteiger partial charge in [-0.1, -0.05) is 22.9 Å². The third kappa shape index (κ3) is 1.66. The Morgan fingerprint density at radius 1 is 1.40 bits per heavy atom. The number of aryl methyl sites for hydroxylation is 1. The number of fused-ring (bicyclic) bond motifs is 1. The summed E-state index contributed by atoms with van der Waals surface area (Å²) < 4.78 is 6.33. The van der Waals surface area contributed by atoms with Crippen LogP contribution in [0.15, 0.2) is 30.5 Å². The fraction of sp³-hybridized carbons (Fsp3) is 0.182. The van der Waals surface area contributed by atoms with Gasteiger partial charge in [-0.25, -0.2) is 4.79 Å². The van der Waals surface area contributed by atoms with Gasteiger partial charge in [0.25, 0.3) is 0 Å². The third-order valence-corrected chi connectivity index (χ3v) is 2.18. The summed E-state index contributed by atoms with van der Waals surface area (Å²) >= 11 is 0. The maximum Gasteiger partial charge on any atom is 0.344 e. The van der Waals surface area contributed by atoms with E-state index in [1.807, 2.05) is 24.3 Å². The minimum absolute atomic E-state index is 0.343. The SMILES string of the molecule is COC(=O)c1c[n+](C)nc2ccccc12. The number of carbonyl (C=O) groups excluding carboxylic acids is 1. The van der Waals surface area contributed by atoms with E-state index in [0.717, 1.165) is 10.9 Å². The second kappa shape index (κ2) is 3.65. The van der Waals surface area contributed by atoms with Crippen LogP contribution in [-0.4, -0.2) is 18.2 Å². The van der Waals surface area contributed by atoms with Gasteiger partial charge < -0.3 is 4.74 Å². The first-order valence-electron chi connectivity index (χ1n) is 4.56. The van der Waals surface area contributed by atoms with Gasteiger partial charge in [-0.2, -0.15) is 0 Å². The molecule has 15 heavy (non-hydrogen) atoms. The molecule has 0 atom stereocenters. The quantitative estimate of drug-likeness (QED) is 0.509. The summed E-state index contributed by atoms with van der Waals surface area (Å²) in [6.45, 7) is 0. The molecule has 0 aliphatic carbocycles. The first-order valence-corrected chi connectivity index (χ1v) is 4.56. The molecule has 2 aromatic rings. The van der Waals surface area contributed by atoms with Crippen molar-refractivity contribution in [2.24, 2.45) is 7.05 Å². The average Bonchev–Trinajstić information content (AvgIpc) is 2.26. The molecule has 0 fully saturated rings. The number of esters is 1. The zero-order valence-electron chi connectivity index (χ0n) is 8.60. The van der Waals surface area contributed by atoms with Gasteiger partial charge in [0, 0.05) is 5.39 Å². The van der Waals surface area contributed by atoms with Gasteiger partial charge in [0.15, 0.2) is 7.05 Å². The Balaban J connectivity index is 2.76. The number of carbonyl (C=O) groups is 1. The summed E-state index contributed by atoms with van der Waals surface area (Å²) in [7, 11) is 3.15. The Labute approximate surface area is 87.1 Å². The number of methoxy groups -OCH3 is 1. The maximum absolute atomic E-state index is 11.5. The molecule has 0 saturated heterocycles. The second-order valence-electron chi connectivity index (χ2n) is 3.23. The van der Waals surface area contributed by atoms with Crippen molar-refractivity contribution in [2.75, 3.05) is 7.11 Å². The molecule has 1 aromatic carbocycles. The molecular weight excluding hydrogens is 192 g/mol. The molecule has 76 valence electrons. The van der Waals surface area contributed by atoms with Gasteiger partial charge in [-0.05, 0) is 11.2 Å². The number of aromatic nitrogens is 2. The largest absolute Gasteiger partial charge is 0.465 e. The van der Waals surface area contributed by atoms with Crippen molar-refractivity contribution in [2.45, 2.75) is 0 Å². The summed E-state index contributed by atoms with van der Waals surface area (Å²) in [5.41, 5.74) is 1.31. The molecule has 0 amide bonds. The van der Waals surface area contributed by atoms with E-state index in [9.17, 15) is 4.79 Å². The van der Waals surface area contributed by atoms with Crippen LogP contribution in [0.1, 0.15) is 10.4 Å². The molecule has 4 nitrogen and oxygen atoms in total. The van der Waals surface area contributed by atoms with Crippen molar-refractivity contribution >= 4 is 16.9 Å². The van der Waals surface area contributed by atoms with Gasteiger partial charge in [-0.15, -0.1) is 0 Å². The van der Waals surface area contributed by atoms with E-state index >= 15 is 0 Å². The second-order valence-corrected chi connectivity index (χ2v) is 3.23. The Bertz CT molecular complexity index is 523. The number of benzene rings is 1. The van der Waals surface area contributed by atoms with Crippen LogP contribution >= 0.6 is 0 Å². The molecular formula is C11H11N2O2+. The number of nitrogens with zero attached hydrogens (tertiary/aromatic N) is 2. The van der Waals surface area contributed by atoms with Crippen molar-refractivity contribution < 1.29 is 14.2 Å². The first kappa shape index (κ1) is 9.58. The lowest BCUT2D eigenvalue weighted by Crippen LogP contribution is -2.33. The van der Waals surface area contributed by atoms with Crippen LogP contribution in [0, 0.1) is 0 Å². The smallest absolute Gasteiger partial charge is 0.344 e. The molecule has 0 aliphatic heterocycles. The zero-order valence-corrected chi connectivity index (χ0v) is 8.60. The number of rotatable bonds is 1. The normalized spacial score (nSPS) is 10.3. The molecule has 0 saturated carbocycles. The highest BCUT2D eigenvalue weighted by atomic mass is 16.5. The molecule has 0 bridgehead atoms. The molecule has 2 rings (SSSR count). The van der Waals surface area contributed by atoms with Crippen LogP contribution in [0.4, 0.5) is 0 Å². The number of hydrogen-bond acceptors (Lipinski definition) is 3. The van der Waals surface area contributed by atoms with Crippen LogP contribution in [0.5, 0.6) is 0 Å². The van der Waals surface area contributed by atoms with Crippen molar-refractivity contribution in [3.05, 3.63) is 36.0 Å².